The van der Waals surface area contributed by atoms with Gasteiger partial charge in [0.15, 0.2) is 0 Å². The van der Waals surface area contributed by atoms with Gasteiger partial charge in [-0.1, -0.05) is 31.5 Å². The number of sulfonamides is 1. The number of nitrogens with one attached hydrogen (secondary N) is 2. The first-order valence-corrected chi connectivity index (χ1v) is 12.1. The van der Waals surface area contributed by atoms with Crippen molar-refractivity contribution in [1.82, 2.24) is 9.62 Å². The highest BCUT2D eigenvalue weighted by Gasteiger charge is 2.27. The van der Waals surface area contributed by atoms with Gasteiger partial charge in [0.25, 0.3) is 11.8 Å². The molecule has 1 saturated heterocycles. The van der Waals surface area contributed by atoms with Crippen LogP contribution in [0.3, 0.4) is 0 Å². The van der Waals surface area contributed by atoms with Gasteiger partial charge in [-0.15, -0.1) is 0 Å². The lowest BCUT2D eigenvalue weighted by Gasteiger charge is -2.26. The normalized spacial score (nSPS) is 14.8. The molecule has 166 valence electrons. The van der Waals surface area contributed by atoms with E-state index in [4.69, 9.17) is 0 Å². The zero-order valence-corrected chi connectivity index (χ0v) is 18.8. The van der Waals surface area contributed by atoms with Crippen LogP contribution < -0.4 is 10.6 Å². The van der Waals surface area contributed by atoms with Crippen molar-refractivity contribution in [2.75, 3.05) is 25.0 Å². The Bertz CT molecular complexity index is 1060. The Balaban J connectivity index is 1.86. The van der Waals surface area contributed by atoms with Crippen molar-refractivity contribution in [2.24, 2.45) is 0 Å². The second kappa shape index (κ2) is 10.1. The topological polar surface area (TPSA) is 95.6 Å². The van der Waals surface area contributed by atoms with Crippen molar-refractivity contribution in [1.29, 1.82) is 0 Å². The third-order valence-electron chi connectivity index (χ3n) is 5.36. The van der Waals surface area contributed by atoms with Gasteiger partial charge in [0, 0.05) is 25.2 Å². The van der Waals surface area contributed by atoms with Crippen LogP contribution in [0.5, 0.6) is 0 Å². The van der Waals surface area contributed by atoms with E-state index in [9.17, 15) is 18.0 Å². The van der Waals surface area contributed by atoms with Crippen molar-refractivity contribution in [3.05, 3.63) is 59.2 Å². The molecule has 0 bridgehead atoms. The maximum Gasteiger partial charge on any atom is 0.255 e. The van der Waals surface area contributed by atoms with Crippen LogP contribution in [-0.2, 0) is 10.0 Å². The summed E-state index contributed by atoms with van der Waals surface area (Å²) in [6, 6.07) is 11.4. The van der Waals surface area contributed by atoms with E-state index in [0.29, 0.717) is 36.4 Å². The molecule has 0 saturated carbocycles. The number of amides is 2. The van der Waals surface area contributed by atoms with Crippen LogP contribution >= 0.6 is 0 Å². The highest BCUT2D eigenvalue weighted by Crippen LogP contribution is 2.24. The highest BCUT2D eigenvalue weighted by atomic mass is 32.2. The molecule has 0 radical (unpaired) electrons. The fraction of sp³-hybridized carbons (Fsp3) is 0.391. The van der Waals surface area contributed by atoms with Crippen molar-refractivity contribution in [3.63, 3.8) is 0 Å². The smallest absolute Gasteiger partial charge is 0.255 e. The molecule has 0 spiro atoms. The van der Waals surface area contributed by atoms with Gasteiger partial charge in [0.05, 0.1) is 16.1 Å². The minimum atomic E-state index is -3.65. The van der Waals surface area contributed by atoms with Gasteiger partial charge in [-0.05, 0) is 56.0 Å². The third-order valence-corrected chi connectivity index (χ3v) is 7.26. The van der Waals surface area contributed by atoms with Crippen LogP contribution in [0, 0.1) is 6.92 Å². The first kappa shape index (κ1) is 23.0. The molecule has 8 heteroatoms. The Kier molecular flexibility index (Phi) is 7.46. The molecule has 0 aromatic heterocycles. The number of benzene rings is 2. The van der Waals surface area contributed by atoms with Gasteiger partial charge in [-0.2, -0.15) is 4.31 Å². The minimum Gasteiger partial charge on any atom is -0.352 e. The number of carbonyl (C=O) groups is 2. The Morgan fingerprint density at radius 2 is 1.68 bits per heavy atom. The molecule has 7 nitrogen and oxygen atoms in total. The zero-order chi connectivity index (χ0) is 22.4. The summed E-state index contributed by atoms with van der Waals surface area (Å²) in [5.74, 6) is -0.722. The molecule has 1 aliphatic heterocycles. The Labute approximate surface area is 183 Å². The zero-order valence-electron chi connectivity index (χ0n) is 18.0. The molecular weight excluding hydrogens is 414 g/mol. The molecule has 0 unspecified atom stereocenters. The van der Waals surface area contributed by atoms with Crippen LogP contribution in [0.4, 0.5) is 5.69 Å². The molecule has 2 aromatic carbocycles. The summed E-state index contributed by atoms with van der Waals surface area (Å²) in [6.07, 6.45) is 3.52. The number of piperidine rings is 1. The molecule has 0 atom stereocenters. The van der Waals surface area contributed by atoms with Gasteiger partial charge in [-0.3, -0.25) is 9.59 Å². The lowest BCUT2D eigenvalue weighted by atomic mass is 10.1. The van der Waals surface area contributed by atoms with E-state index < -0.39 is 15.9 Å². The lowest BCUT2D eigenvalue weighted by molar-refractivity contribution is 0.0954. The maximum atomic E-state index is 13.0. The largest absolute Gasteiger partial charge is 0.352 e. The molecule has 2 amide bonds. The molecular formula is C23H29N3O4S. The Morgan fingerprint density at radius 1 is 0.968 bits per heavy atom. The van der Waals surface area contributed by atoms with Gasteiger partial charge >= 0.3 is 0 Å². The van der Waals surface area contributed by atoms with Gasteiger partial charge < -0.3 is 10.6 Å². The number of para-hydroxylation sites is 1. The average Bonchev–Trinajstić information content (AvgIpc) is 2.78. The molecule has 2 N–H and O–H groups in total. The number of anilines is 1. The fourth-order valence-corrected chi connectivity index (χ4v) is 5.12. The minimum absolute atomic E-state index is 0.110. The monoisotopic (exact) mass is 443 g/mol. The quantitative estimate of drug-likeness (QED) is 0.684. The summed E-state index contributed by atoms with van der Waals surface area (Å²) in [7, 11) is -3.65. The summed E-state index contributed by atoms with van der Waals surface area (Å²) in [6.45, 7) is 5.25. The first-order chi connectivity index (χ1) is 14.8. The lowest BCUT2D eigenvalue weighted by Crippen LogP contribution is -2.35. The van der Waals surface area contributed by atoms with Crippen LogP contribution in [0.2, 0.25) is 0 Å². The summed E-state index contributed by atoms with van der Waals surface area (Å²) < 4.78 is 27.5. The average molecular weight is 444 g/mol. The van der Waals surface area contributed by atoms with E-state index in [2.05, 4.69) is 10.6 Å². The second-order valence-electron chi connectivity index (χ2n) is 7.70. The van der Waals surface area contributed by atoms with Crippen LogP contribution in [0.25, 0.3) is 0 Å². The number of hydrogen-bond acceptors (Lipinski definition) is 4. The molecule has 1 fully saturated rings. The number of carbonyl (C=O) groups excluding carboxylic acids is 2. The number of aryl methyl sites for hydroxylation is 1. The fourth-order valence-electron chi connectivity index (χ4n) is 3.57. The van der Waals surface area contributed by atoms with E-state index in [1.807, 2.05) is 6.92 Å². The summed E-state index contributed by atoms with van der Waals surface area (Å²) in [4.78, 5) is 25.6. The van der Waals surface area contributed by atoms with E-state index in [1.165, 1.54) is 10.4 Å². The molecule has 3 rings (SSSR count). The van der Waals surface area contributed by atoms with Gasteiger partial charge in [-0.25, -0.2) is 8.42 Å². The van der Waals surface area contributed by atoms with Crippen LogP contribution in [-0.4, -0.2) is 44.2 Å². The number of hydrogen-bond donors (Lipinski definition) is 2. The molecule has 1 heterocycles. The number of rotatable bonds is 7. The predicted molar refractivity (Wildman–Crippen MR) is 121 cm³/mol. The highest BCUT2D eigenvalue weighted by molar-refractivity contribution is 7.89. The van der Waals surface area contributed by atoms with Crippen LogP contribution in [0.15, 0.2) is 47.4 Å². The van der Waals surface area contributed by atoms with Crippen molar-refractivity contribution in [2.45, 2.75) is 44.4 Å². The van der Waals surface area contributed by atoms with E-state index >= 15 is 0 Å². The summed E-state index contributed by atoms with van der Waals surface area (Å²) in [5, 5.41) is 5.58. The van der Waals surface area contributed by atoms with E-state index in [-0.39, 0.29) is 16.4 Å². The first-order valence-electron chi connectivity index (χ1n) is 10.6. The third kappa shape index (κ3) is 5.32. The Morgan fingerprint density at radius 3 is 2.39 bits per heavy atom. The maximum absolute atomic E-state index is 13.0. The van der Waals surface area contributed by atoms with E-state index in [0.717, 1.165) is 25.7 Å². The van der Waals surface area contributed by atoms with Gasteiger partial charge in [0.1, 0.15) is 0 Å². The predicted octanol–water partition coefficient (Wildman–Crippen LogP) is 3.56. The second-order valence-corrected chi connectivity index (χ2v) is 9.64. The summed E-state index contributed by atoms with van der Waals surface area (Å²) >= 11 is 0. The van der Waals surface area contributed by atoms with Crippen LogP contribution in [0.1, 0.15) is 58.9 Å². The van der Waals surface area contributed by atoms with Crippen molar-refractivity contribution < 1.29 is 18.0 Å². The number of nitrogens with zero attached hydrogens (tertiary/aromatic N) is 1. The molecule has 2 aromatic rings. The standard InChI is InChI=1S/C23H29N3O4S/c1-3-13-24-22(27)19-9-5-6-10-21(19)25-23(28)20-16-18(12-11-17(20)2)31(29,30)26-14-7-4-8-15-26/h5-6,9-12,16H,3-4,7-8,13-15H2,1-2H3,(H,24,27)(H,25,28). The van der Waals surface area contributed by atoms with E-state index in [1.54, 1.807) is 43.3 Å². The van der Waals surface area contributed by atoms with Crippen molar-refractivity contribution >= 4 is 27.5 Å². The molecule has 1 aliphatic rings. The molecule has 0 aliphatic carbocycles. The summed E-state index contributed by atoms with van der Waals surface area (Å²) in [5.41, 5.74) is 1.66. The molecule has 31 heavy (non-hydrogen) atoms. The Hall–Kier alpha value is -2.71. The van der Waals surface area contributed by atoms with Crippen molar-refractivity contribution in [3.8, 4) is 0 Å². The SMILES string of the molecule is CCCNC(=O)c1ccccc1NC(=O)c1cc(S(=O)(=O)N2CCCCC2)ccc1C. The van der Waals surface area contributed by atoms with Gasteiger partial charge in [0.2, 0.25) is 10.0 Å².